The Morgan fingerprint density at radius 1 is 0.906 bits per heavy atom. The van der Waals surface area contributed by atoms with Gasteiger partial charge >= 0.3 is 6.18 Å². The maximum atomic E-state index is 13.3. The average Bonchev–Trinajstić information content (AvgIpc) is 2.79. The number of halogens is 3. The van der Waals surface area contributed by atoms with Gasteiger partial charge in [0.25, 0.3) is 0 Å². The second kappa shape index (κ2) is 8.86. The van der Waals surface area contributed by atoms with E-state index in [0.29, 0.717) is 24.9 Å². The number of rotatable bonds is 4. The summed E-state index contributed by atoms with van der Waals surface area (Å²) >= 11 is 0. The number of benzene rings is 1. The third-order valence-corrected chi connectivity index (χ3v) is 8.06. The highest BCUT2D eigenvalue weighted by atomic mass is 32.2. The topological polar surface area (TPSA) is 69.6 Å². The van der Waals surface area contributed by atoms with Crippen LogP contribution in [0.3, 0.4) is 0 Å². The molecular weight excluding hydrogens is 443 g/mol. The minimum absolute atomic E-state index is 0.0706. The van der Waals surface area contributed by atoms with Gasteiger partial charge in [-0.1, -0.05) is 12.1 Å². The molecule has 1 atom stereocenters. The van der Waals surface area contributed by atoms with Crippen LogP contribution in [-0.4, -0.2) is 61.7 Å². The van der Waals surface area contributed by atoms with Gasteiger partial charge in [0.05, 0.1) is 10.5 Å². The van der Waals surface area contributed by atoms with Crippen LogP contribution in [0.1, 0.15) is 31.7 Å². The number of piperazine rings is 1. The molecule has 11 heteroatoms. The van der Waals surface area contributed by atoms with Crippen molar-refractivity contribution < 1.29 is 21.6 Å². The fourth-order valence-electron chi connectivity index (χ4n) is 4.30. The Morgan fingerprint density at radius 2 is 1.56 bits per heavy atom. The number of alkyl halides is 3. The fourth-order valence-corrected chi connectivity index (χ4v) is 5.94. The largest absolute Gasteiger partial charge is 0.417 e. The highest BCUT2D eigenvalue weighted by Gasteiger charge is 2.39. The molecule has 1 aromatic heterocycles. The van der Waals surface area contributed by atoms with Crippen molar-refractivity contribution in [2.24, 2.45) is 0 Å². The Bertz CT molecular complexity index is 1040. The molecule has 0 amide bonds. The van der Waals surface area contributed by atoms with E-state index in [0.717, 1.165) is 41.6 Å². The molecule has 0 N–H and O–H groups in total. The molecule has 7 nitrogen and oxygen atoms in total. The number of nitrogens with zero attached hydrogens (tertiary/aromatic N) is 5. The molecular formula is C21H26F3N5O2S. The van der Waals surface area contributed by atoms with E-state index in [1.54, 1.807) is 0 Å². The van der Waals surface area contributed by atoms with Crippen LogP contribution in [-0.2, 0) is 16.2 Å². The summed E-state index contributed by atoms with van der Waals surface area (Å²) in [6.45, 7) is 3.90. The first-order valence-corrected chi connectivity index (χ1v) is 12.1. The predicted octanol–water partition coefficient (Wildman–Crippen LogP) is 3.39. The van der Waals surface area contributed by atoms with Crippen molar-refractivity contribution in [3.63, 3.8) is 0 Å². The van der Waals surface area contributed by atoms with E-state index in [2.05, 4.69) is 22.0 Å². The molecule has 2 fully saturated rings. The van der Waals surface area contributed by atoms with E-state index in [-0.39, 0.29) is 13.1 Å². The van der Waals surface area contributed by atoms with Gasteiger partial charge in [0, 0.05) is 38.8 Å². The summed E-state index contributed by atoms with van der Waals surface area (Å²) in [4.78, 5) is 3.43. The van der Waals surface area contributed by atoms with Crippen molar-refractivity contribution in [3.05, 3.63) is 42.0 Å². The third kappa shape index (κ3) is 4.54. The van der Waals surface area contributed by atoms with Crippen molar-refractivity contribution >= 4 is 21.7 Å². The van der Waals surface area contributed by atoms with Gasteiger partial charge in [0.1, 0.15) is 0 Å². The van der Waals surface area contributed by atoms with Gasteiger partial charge < -0.3 is 9.80 Å². The van der Waals surface area contributed by atoms with Gasteiger partial charge in [0.15, 0.2) is 11.6 Å². The second-order valence-electron chi connectivity index (χ2n) is 8.17. The molecule has 174 valence electrons. The lowest BCUT2D eigenvalue weighted by Gasteiger charge is -2.36. The Labute approximate surface area is 185 Å². The number of piperidine rings is 1. The van der Waals surface area contributed by atoms with E-state index in [4.69, 9.17) is 0 Å². The molecule has 2 saturated heterocycles. The highest BCUT2D eigenvalue weighted by Crippen LogP contribution is 2.35. The standard InChI is InChI=1S/C21H26F3N5O2S/c1-16-6-4-5-11-29(16)20-10-9-19(25-26-20)27-12-14-28(15-13-27)32(30,31)18-8-3-2-7-17(18)21(22,23)24/h2-3,7-10,16H,4-6,11-15H2,1H3/t16-/m0/s1. The smallest absolute Gasteiger partial charge is 0.352 e. The first-order valence-electron chi connectivity index (χ1n) is 10.7. The minimum atomic E-state index is -4.74. The van der Waals surface area contributed by atoms with Gasteiger partial charge in [-0.25, -0.2) is 8.42 Å². The lowest BCUT2D eigenvalue weighted by Crippen LogP contribution is -2.49. The normalized spacial score (nSPS) is 21.1. The van der Waals surface area contributed by atoms with E-state index in [1.807, 2.05) is 17.0 Å². The van der Waals surface area contributed by atoms with Crippen LogP contribution in [0, 0.1) is 0 Å². The number of hydrogen-bond acceptors (Lipinski definition) is 6. The van der Waals surface area contributed by atoms with Gasteiger partial charge in [0.2, 0.25) is 10.0 Å². The van der Waals surface area contributed by atoms with Crippen molar-refractivity contribution in [1.82, 2.24) is 14.5 Å². The minimum Gasteiger partial charge on any atom is -0.352 e. The van der Waals surface area contributed by atoms with Crippen LogP contribution >= 0.6 is 0 Å². The molecule has 32 heavy (non-hydrogen) atoms. The second-order valence-corrected chi connectivity index (χ2v) is 10.1. The molecule has 2 aliphatic rings. The van der Waals surface area contributed by atoms with Gasteiger partial charge in [-0.15, -0.1) is 10.2 Å². The van der Waals surface area contributed by atoms with Gasteiger partial charge in [-0.2, -0.15) is 17.5 Å². The van der Waals surface area contributed by atoms with Crippen LogP contribution < -0.4 is 9.80 Å². The molecule has 2 aliphatic heterocycles. The number of anilines is 2. The SMILES string of the molecule is C[C@H]1CCCCN1c1ccc(N2CCN(S(=O)(=O)c3ccccc3C(F)(F)F)CC2)nn1. The van der Waals surface area contributed by atoms with E-state index in [1.165, 1.54) is 18.6 Å². The summed E-state index contributed by atoms with van der Waals surface area (Å²) < 4.78 is 66.9. The molecule has 1 aromatic carbocycles. The lowest BCUT2D eigenvalue weighted by molar-refractivity contribution is -0.139. The number of sulfonamides is 1. The fraction of sp³-hybridized carbons (Fsp3) is 0.524. The monoisotopic (exact) mass is 469 g/mol. The summed E-state index contributed by atoms with van der Waals surface area (Å²) in [5.74, 6) is 1.46. The maximum absolute atomic E-state index is 13.3. The summed E-state index contributed by atoms with van der Waals surface area (Å²) in [7, 11) is -4.26. The Balaban J connectivity index is 1.44. The predicted molar refractivity (Wildman–Crippen MR) is 115 cm³/mol. The van der Waals surface area contributed by atoms with Gasteiger partial charge in [-0.3, -0.25) is 0 Å². The molecule has 0 unspecified atom stereocenters. The number of hydrogen-bond donors (Lipinski definition) is 0. The van der Waals surface area contributed by atoms with Crippen LogP contribution in [0.5, 0.6) is 0 Å². The van der Waals surface area contributed by atoms with Gasteiger partial charge in [-0.05, 0) is 50.5 Å². The molecule has 3 heterocycles. The van der Waals surface area contributed by atoms with Crippen LogP contribution in [0.25, 0.3) is 0 Å². The Kier molecular flexibility index (Phi) is 6.30. The highest BCUT2D eigenvalue weighted by molar-refractivity contribution is 7.89. The Morgan fingerprint density at radius 3 is 2.19 bits per heavy atom. The Hall–Kier alpha value is -2.40. The van der Waals surface area contributed by atoms with Crippen molar-refractivity contribution in [3.8, 4) is 0 Å². The molecule has 2 aromatic rings. The first kappa shape index (κ1) is 22.8. The zero-order chi connectivity index (χ0) is 22.9. The third-order valence-electron chi connectivity index (χ3n) is 6.11. The molecule has 0 aliphatic carbocycles. The lowest BCUT2D eigenvalue weighted by atomic mass is 10.0. The summed E-state index contributed by atoms with van der Waals surface area (Å²) in [6.07, 6.45) is -1.28. The average molecular weight is 470 g/mol. The number of aromatic nitrogens is 2. The maximum Gasteiger partial charge on any atom is 0.417 e. The molecule has 0 saturated carbocycles. The van der Waals surface area contributed by atoms with Crippen LogP contribution in [0.4, 0.5) is 24.8 Å². The molecule has 0 radical (unpaired) electrons. The van der Waals surface area contributed by atoms with E-state index < -0.39 is 26.7 Å². The molecule has 4 rings (SSSR count). The zero-order valence-electron chi connectivity index (χ0n) is 17.8. The molecule has 0 bridgehead atoms. The van der Waals surface area contributed by atoms with Crippen LogP contribution in [0.2, 0.25) is 0 Å². The summed E-state index contributed by atoms with van der Waals surface area (Å²) in [6, 6.07) is 8.50. The van der Waals surface area contributed by atoms with Crippen molar-refractivity contribution in [2.45, 2.75) is 43.3 Å². The molecule has 0 spiro atoms. The van der Waals surface area contributed by atoms with Crippen molar-refractivity contribution in [1.29, 1.82) is 0 Å². The zero-order valence-corrected chi connectivity index (χ0v) is 18.6. The van der Waals surface area contributed by atoms with E-state index in [9.17, 15) is 21.6 Å². The first-order chi connectivity index (χ1) is 15.2. The quantitative estimate of drug-likeness (QED) is 0.684. The summed E-state index contributed by atoms with van der Waals surface area (Å²) in [5.41, 5.74) is -1.14. The summed E-state index contributed by atoms with van der Waals surface area (Å²) in [5, 5.41) is 8.68. The van der Waals surface area contributed by atoms with Crippen LogP contribution in [0.15, 0.2) is 41.3 Å². The van der Waals surface area contributed by atoms with Crippen molar-refractivity contribution in [2.75, 3.05) is 42.5 Å². The van der Waals surface area contributed by atoms with E-state index >= 15 is 0 Å².